The number of nitrogens with zero attached hydrogens (tertiary/aromatic N) is 1. The molecule has 1 aromatic carbocycles. The molecule has 1 heterocycles. The largest absolute Gasteiger partial charge is 0.366 e. The average Bonchev–Trinajstić information content (AvgIpc) is 2.20. The first-order chi connectivity index (χ1) is 6.38. The van der Waals surface area contributed by atoms with Crippen LogP contribution in [0.3, 0.4) is 0 Å². The van der Waals surface area contributed by atoms with Gasteiger partial charge in [-0.2, -0.15) is 0 Å². The monoisotopic (exact) mass is 175 g/mol. The lowest BCUT2D eigenvalue weighted by Crippen LogP contribution is -2.49. The smallest absolute Gasteiger partial charge is 0.0449 e. The molecule has 1 N–H and O–H groups in total. The van der Waals surface area contributed by atoms with Crippen molar-refractivity contribution in [1.29, 1.82) is 0 Å². The Morgan fingerprint density at radius 3 is 3.15 bits per heavy atom. The van der Waals surface area contributed by atoms with Gasteiger partial charge in [0, 0.05) is 37.4 Å². The van der Waals surface area contributed by atoms with Crippen LogP contribution < -0.4 is 10.2 Å². The number of hydrogen-bond donors (Lipinski definition) is 1. The van der Waals surface area contributed by atoms with Gasteiger partial charge in [-0.25, -0.2) is 0 Å². The summed E-state index contributed by atoms with van der Waals surface area (Å²) in [6.45, 7) is 5.48. The van der Waals surface area contributed by atoms with Crippen LogP contribution in [0.15, 0.2) is 24.3 Å². The SMILES string of the molecule is CC1CNCCN1c1[c]cccc1. The molecule has 1 aromatic rings. The van der Waals surface area contributed by atoms with E-state index in [1.54, 1.807) is 0 Å². The molecule has 1 saturated heterocycles. The molecule has 2 heteroatoms. The summed E-state index contributed by atoms with van der Waals surface area (Å²) in [7, 11) is 0. The third-order valence-corrected chi connectivity index (χ3v) is 2.50. The molecule has 0 amide bonds. The number of rotatable bonds is 1. The van der Waals surface area contributed by atoms with E-state index in [1.807, 2.05) is 12.1 Å². The van der Waals surface area contributed by atoms with Crippen molar-refractivity contribution in [3.63, 3.8) is 0 Å². The fourth-order valence-corrected chi connectivity index (χ4v) is 1.76. The van der Waals surface area contributed by atoms with Gasteiger partial charge in [0.1, 0.15) is 0 Å². The number of piperazine rings is 1. The van der Waals surface area contributed by atoms with Crippen molar-refractivity contribution in [3.05, 3.63) is 30.3 Å². The van der Waals surface area contributed by atoms with Crippen LogP contribution in [-0.2, 0) is 0 Å². The summed E-state index contributed by atoms with van der Waals surface area (Å²) in [4.78, 5) is 2.40. The highest BCUT2D eigenvalue weighted by Crippen LogP contribution is 2.16. The van der Waals surface area contributed by atoms with Crippen molar-refractivity contribution in [3.8, 4) is 0 Å². The molecule has 1 radical (unpaired) electrons. The molecule has 0 bridgehead atoms. The highest BCUT2D eigenvalue weighted by atomic mass is 15.2. The van der Waals surface area contributed by atoms with Crippen molar-refractivity contribution in [2.24, 2.45) is 0 Å². The van der Waals surface area contributed by atoms with Crippen LogP contribution in [0.2, 0.25) is 0 Å². The van der Waals surface area contributed by atoms with E-state index in [1.165, 1.54) is 5.69 Å². The van der Waals surface area contributed by atoms with Gasteiger partial charge in [0.15, 0.2) is 0 Å². The lowest BCUT2D eigenvalue weighted by atomic mass is 10.2. The van der Waals surface area contributed by atoms with E-state index in [0.717, 1.165) is 19.6 Å². The molecule has 1 unspecified atom stereocenters. The maximum atomic E-state index is 3.38. The van der Waals surface area contributed by atoms with Gasteiger partial charge in [0.25, 0.3) is 0 Å². The van der Waals surface area contributed by atoms with E-state index in [2.05, 4.69) is 35.3 Å². The van der Waals surface area contributed by atoms with E-state index in [4.69, 9.17) is 0 Å². The molecule has 1 fully saturated rings. The standard InChI is InChI=1S/C11H15N2/c1-10-9-12-7-8-13(10)11-5-3-2-4-6-11/h2-5,10,12H,7-9H2,1H3. The summed E-state index contributed by atoms with van der Waals surface area (Å²) in [5.74, 6) is 0. The first kappa shape index (κ1) is 8.57. The zero-order valence-corrected chi connectivity index (χ0v) is 7.96. The Morgan fingerprint density at radius 2 is 2.46 bits per heavy atom. The zero-order chi connectivity index (χ0) is 9.10. The first-order valence-electron chi connectivity index (χ1n) is 4.82. The van der Waals surface area contributed by atoms with Gasteiger partial charge in [-0.15, -0.1) is 0 Å². The van der Waals surface area contributed by atoms with E-state index < -0.39 is 0 Å². The van der Waals surface area contributed by atoms with Crippen LogP contribution in [0.25, 0.3) is 0 Å². The summed E-state index contributed by atoms with van der Waals surface area (Å²) in [5, 5.41) is 3.38. The van der Waals surface area contributed by atoms with Crippen molar-refractivity contribution in [2.45, 2.75) is 13.0 Å². The zero-order valence-electron chi connectivity index (χ0n) is 7.96. The Hall–Kier alpha value is -1.02. The van der Waals surface area contributed by atoms with Crippen LogP contribution >= 0.6 is 0 Å². The molecule has 13 heavy (non-hydrogen) atoms. The maximum absolute atomic E-state index is 3.38. The fraction of sp³-hybridized carbons (Fsp3) is 0.455. The van der Waals surface area contributed by atoms with Crippen LogP contribution in [0, 0.1) is 6.07 Å². The van der Waals surface area contributed by atoms with E-state index in [0.29, 0.717) is 6.04 Å². The molecular weight excluding hydrogens is 160 g/mol. The molecule has 69 valence electrons. The molecule has 2 nitrogen and oxygen atoms in total. The number of anilines is 1. The van der Waals surface area contributed by atoms with Crippen molar-refractivity contribution in [2.75, 3.05) is 24.5 Å². The average molecular weight is 175 g/mol. The lowest BCUT2D eigenvalue weighted by Gasteiger charge is -2.35. The van der Waals surface area contributed by atoms with Crippen molar-refractivity contribution < 1.29 is 0 Å². The topological polar surface area (TPSA) is 15.3 Å². The summed E-state index contributed by atoms with van der Waals surface area (Å²) in [5.41, 5.74) is 1.22. The third kappa shape index (κ3) is 1.83. The van der Waals surface area contributed by atoms with Gasteiger partial charge in [-0.1, -0.05) is 18.2 Å². The fourth-order valence-electron chi connectivity index (χ4n) is 1.76. The summed E-state index contributed by atoms with van der Waals surface area (Å²) in [6.07, 6.45) is 0. The Bertz CT molecular complexity index is 258. The predicted molar refractivity (Wildman–Crippen MR) is 55.0 cm³/mol. The van der Waals surface area contributed by atoms with Gasteiger partial charge >= 0.3 is 0 Å². The lowest BCUT2D eigenvalue weighted by molar-refractivity contribution is 0.500. The Morgan fingerprint density at radius 1 is 1.54 bits per heavy atom. The van der Waals surface area contributed by atoms with Gasteiger partial charge < -0.3 is 10.2 Å². The second kappa shape index (κ2) is 3.79. The Labute approximate surface area is 79.6 Å². The van der Waals surface area contributed by atoms with Crippen LogP contribution in [-0.4, -0.2) is 25.7 Å². The van der Waals surface area contributed by atoms with Gasteiger partial charge in [-0.3, -0.25) is 0 Å². The second-order valence-electron chi connectivity index (χ2n) is 3.49. The molecule has 0 saturated carbocycles. The van der Waals surface area contributed by atoms with Crippen LogP contribution in [0.4, 0.5) is 5.69 Å². The van der Waals surface area contributed by atoms with Gasteiger partial charge in [0.05, 0.1) is 0 Å². The molecule has 1 aliphatic heterocycles. The highest BCUT2D eigenvalue weighted by molar-refractivity contribution is 5.46. The molecule has 1 aliphatic rings. The number of para-hydroxylation sites is 1. The third-order valence-electron chi connectivity index (χ3n) is 2.50. The quantitative estimate of drug-likeness (QED) is 0.692. The van der Waals surface area contributed by atoms with Gasteiger partial charge in [-0.05, 0) is 13.0 Å². The molecule has 0 aliphatic carbocycles. The van der Waals surface area contributed by atoms with Crippen LogP contribution in [0.5, 0.6) is 0 Å². The summed E-state index contributed by atoms with van der Waals surface area (Å²) >= 11 is 0. The molecule has 2 rings (SSSR count). The maximum Gasteiger partial charge on any atom is 0.0449 e. The normalized spacial score (nSPS) is 23.2. The summed E-state index contributed by atoms with van der Waals surface area (Å²) < 4.78 is 0. The number of hydrogen-bond acceptors (Lipinski definition) is 2. The van der Waals surface area contributed by atoms with Crippen molar-refractivity contribution in [1.82, 2.24) is 5.32 Å². The van der Waals surface area contributed by atoms with E-state index in [-0.39, 0.29) is 0 Å². The van der Waals surface area contributed by atoms with Crippen LogP contribution in [0.1, 0.15) is 6.92 Å². The minimum absolute atomic E-state index is 0.576. The van der Waals surface area contributed by atoms with E-state index in [9.17, 15) is 0 Å². The predicted octanol–water partition coefficient (Wildman–Crippen LogP) is 1.28. The number of benzene rings is 1. The van der Waals surface area contributed by atoms with Gasteiger partial charge in [0.2, 0.25) is 0 Å². The Kier molecular flexibility index (Phi) is 2.50. The second-order valence-corrected chi connectivity index (χ2v) is 3.49. The summed E-state index contributed by atoms with van der Waals surface area (Å²) in [6, 6.07) is 12.0. The van der Waals surface area contributed by atoms with E-state index >= 15 is 0 Å². The Balaban J connectivity index is 2.15. The molecule has 1 atom stereocenters. The number of nitrogens with one attached hydrogen (secondary N) is 1. The molecular formula is C11H15N2. The van der Waals surface area contributed by atoms with Crippen molar-refractivity contribution >= 4 is 5.69 Å². The molecule has 0 spiro atoms. The molecule has 0 aromatic heterocycles. The minimum Gasteiger partial charge on any atom is -0.366 e. The first-order valence-corrected chi connectivity index (χ1v) is 4.82. The highest BCUT2D eigenvalue weighted by Gasteiger charge is 2.17. The minimum atomic E-state index is 0.576.